The SMILES string of the molecule is O=C(CSc1ccc(NC(=O)/C(=C/c2ccco2)NC(=O)c2ccccc2)cc1)Nc1ccc(I)cc1. The van der Waals surface area contributed by atoms with Gasteiger partial charge in [0.15, 0.2) is 0 Å². The fourth-order valence-electron chi connectivity index (χ4n) is 3.17. The molecule has 4 aromatic rings. The van der Waals surface area contributed by atoms with E-state index in [1.165, 1.54) is 24.1 Å². The van der Waals surface area contributed by atoms with Crippen molar-refractivity contribution in [3.63, 3.8) is 0 Å². The highest BCUT2D eigenvalue weighted by atomic mass is 127. The first kappa shape index (κ1) is 26.2. The first-order valence-electron chi connectivity index (χ1n) is 11.2. The standard InChI is InChI=1S/C28H22IN3O4S/c29-20-8-10-21(11-9-20)30-26(33)18-37-24-14-12-22(13-15-24)31-28(35)25(17-23-7-4-16-36-23)32-27(34)19-5-2-1-3-6-19/h1-17H,18H2,(H,30,33)(H,31,35)(H,32,34)/b25-17-. The predicted molar refractivity (Wildman–Crippen MR) is 154 cm³/mol. The molecule has 1 heterocycles. The number of benzene rings is 3. The second-order valence-corrected chi connectivity index (χ2v) is 10.0. The van der Waals surface area contributed by atoms with Gasteiger partial charge in [0.1, 0.15) is 11.5 Å². The van der Waals surface area contributed by atoms with Crippen molar-refractivity contribution in [3.05, 3.63) is 118 Å². The van der Waals surface area contributed by atoms with Gasteiger partial charge in [-0.3, -0.25) is 14.4 Å². The minimum atomic E-state index is -0.502. The molecule has 1 aromatic heterocycles. The van der Waals surface area contributed by atoms with Crippen LogP contribution in [0.3, 0.4) is 0 Å². The van der Waals surface area contributed by atoms with Crippen LogP contribution in [-0.2, 0) is 9.59 Å². The number of carbonyl (C=O) groups excluding carboxylic acids is 3. The van der Waals surface area contributed by atoms with Crippen molar-refractivity contribution in [3.8, 4) is 0 Å². The molecule has 9 heteroatoms. The lowest BCUT2D eigenvalue weighted by atomic mass is 10.2. The summed E-state index contributed by atoms with van der Waals surface area (Å²) in [6.45, 7) is 0. The van der Waals surface area contributed by atoms with Crippen molar-refractivity contribution >= 4 is 69.5 Å². The second kappa shape index (κ2) is 12.9. The van der Waals surface area contributed by atoms with E-state index in [1.54, 1.807) is 54.6 Å². The number of carbonyl (C=O) groups is 3. The number of rotatable bonds is 9. The Labute approximate surface area is 231 Å². The molecule has 0 saturated heterocycles. The maximum atomic E-state index is 13.0. The molecule has 7 nitrogen and oxygen atoms in total. The Morgan fingerprint density at radius 1 is 0.811 bits per heavy atom. The Balaban J connectivity index is 1.36. The van der Waals surface area contributed by atoms with Gasteiger partial charge in [-0.15, -0.1) is 11.8 Å². The Morgan fingerprint density at radius 2 is 1.49 bits per heavy atom. The Kier molecular flexibility index (Phi) is 9.17. The molecule has 3 aromatic carbocycles. The van der Waals surface area contributed by atoms with E-state index >= 15 is 0 Å². The summed E-state index contributed by atoms with van der Waals surface area (Å²) in [7, 11) is 0. The highest BCUT2D eigenvalue weighted by molar-refractivity contribution is 14.1. The minimum Gasteiger partial charge on any atom is -0.465 e. The molecule has 37 heavy (non-hydrogen) atoms. The number of amides is 3. The third kappa shape index (κ3) is 8.09. The van der Waals surface area contributed by atoms with Crippen LogP contribution in [0, 0.1) is 3.57 Å². The van der Waals surface area contributed by atoms with Gasteiger partial charge < -0.3 is 20.4 Å². The molecule has 0 aliphatic heterocycles. The summed E-state index contributed by atoms with van der Waals surface area (Å²) in [5.74, 6) is -0.347. The normalized spacial score (nSPS) is 11.0. The first-order valence-corrected chi connectivity index (χ1v) is 13.2. The zero-order chi connectivity index (χ0) is 26.0. The van der Waals surface area contributed by atoms with E-state index in [0.717, 1.165) is 14.2 Å². The van der Waals surface area contributed by atoms with Crippen molar-refractivity contribution in [2.75, 3.05) is 16.4 Å². The number of halogens is 1. The van der Waals surface area contributed by atoms with Crippen LogP contribution >= 0.6 is 34.4 Å². The molecule has 0 aliphatic carbocycles. The molecule has 0 unspecified atom stereocenters. The quantitative estimate of drug-likeness (QED) is 0.120. The maximum Gasteiger partial charge on any atom is 0.272 e. The van der Waals surface area contributed by atoms with Crippen molar-refractivity contribution < 1.29 is 18.8 Å². The molecule has 4 rings (SSSR count). The summed E-state index contributed by atoms with van der Waals surface area (Å²) < 4.78 is 6.41. The molecular formula is C28H22IN3O4S. The first-order chi connectivity index (χ1) is 18.0. The van der Waals surface area contributed by atoms with Gasteiger partial charge in [-0.2, -0.15) is 0 Å². The number of thioether (sulfide) groups is 1. The van der Waals surface area contributed by atoms with Crippen molar-refractivity contribution in [2.45, 2.75) is 4.90 Å². The van der Waals surface area contributed by atoms with E-state index in [4.69, 9.17) is 4.42 Å². The lowest BCUT2D eigenvalue weighted by molar-refractivity contribution is -0.114. The van der Waals surface area contributed by atoms with E-state index < -0.39 is 11.8 Å². The molecule has 0 fully saturated rings. The van der Waals surface area contributed by atoms with Gasteiger partial charge in [0, 0.05) is 31.5 Å². The molecule has 0 aliphatic rings. The number of anilines is 2. The fourth-order valence-corrected chi connectivity index (χ4v) is 4.23. The van der Waals surface area contributed by atoms with Crippen LogP contribution < -0.4 is 16.0 Å². The second-order valence-electron chi connectivity index (χ2n) is 7.72. The van der Waals surface area contributed by atoms with Crippen LogP contribution in [0.5, 0.6) is 0 Å². The van der Waals surface area contributed by atoms with Crippen LogP contribution in [-0.4, -0.2) is 23.5 Å². The van der Waals surface area contributed by atoms with Gasteiger partial charge in [-0.25, -0.2) is 0 Å². The summed E-state index contributed by atoms with van der Waals surface area (Å²) in [5, 5.41) is 8.31. The van der Waals surface area contributed by atoms with Crippen LogP contribution in [0.4, 0.5) is 11.4 Å². The van der Waals surface area contributed by atoms with Gasteiger partial charge in [0.05, 0.1) is 12.0 Å². The van der Waals surface area contributed by atoms with Crippen LogP contribution in [0.1, 0.15) is 16.1 Å². The lowest BCUT2D eigenvalue weighted by Gasteiger charge is -2.11. The van der Waals surface area contributed by atoms with Crippen molar-refractivity contribution in [1.29, 1.82) is 0 Å². The molecule has 0 radical (unpaired) electrons. The van der Waals surface area contributed by atoms with Crippen LogP contribution in [0.15, 0.2) is 112 Å². The molecule has 3 amide bonds. The number of hydrogen-bond acceptors (Lipinski definition) is 5. The third-order valence-corrected chi connectivity index (χ3v) is 6.70. The van der Waals surface area contributed by atoms with Crippen molar-refractivity contribution in [2.24, 2.45) is 0 Å². The molecule has 3 N–H and O–H groups in total. The van der Waals surface area contributed by atoms with Gasteiger partial charge in [0.25, 0.3) is 11.8 Å². The summed E-state index contributed by atoms with van der Waals surface area (Å²) in [5.41, 5.74) is 1.75. The van der Waals surface area contributed by atoms with Crippen LogP contribution in [0.25, 0.3) is 6.08 Å². The maximum absolute atomic E-state index is 13.0. The lowest BCUT2D eigenvalue weighted by Crippen LogP contribution is -2.30. The molecule has 0 spiro atoms. The van der Waals surface area contributed by atoms with Gasteiger partial charge in [-0.05, 0) is 95.4 Å². The van der Waals surface area contributed by atoms with Gasteiger partial charge in [0.2, 0.25) is 5.91 Å². The average molecular weight is 623 g/mol. The molecule has 186 valence electrons. The Bertz CT molecular complexity index is 1390. The number of nitrogens with one attached hydrogen (secondary N) is 3. The van der Waals surface area contributed by atoms with Gasteiger partial charge in [-0.1, -0.05) is 18.2 Å². The largest absolute Gasteiger partial charge is 0.465 e. The van der Waals surface area contributed by atoms with E-state index in [-0.39, 0.29) is 17.4 Å². The predicted octanol–water partition coefficient (Wildman–Crippen LogP) is 6.02. The smallest absolute Gasteiger partial charge is 0.272 e. The average Bonchev–Trinajstić information content (AvgIpc) is 3.43. The zero-order valence-corrected chi connectivity index (χ0v) is 22.4. The molecule has 0 bridgehead atoms. The van der Waals surface area contributed by atoms with Crippen LogP contribution in [0.2, 0.25) is 0 Å². The number of hydrogen-bond donors (Lipinski definition) is 3. The minimum absolute atomic E-state index is 0.0366. The Hall–Kier alpha value is -3.83. The molecular weight excluding hydrogens is 601 g/mol. The highest BCUT2D eigenvalue weighted by Gasteiger charge is 2.16. The highest BCUT2D eigenvalue weighted by Crippen LogP contribution is 2.21. The zero-order valence-electron chi connectivity index (χ0n) is 19.4. The Morgan fingerprint density at radius 3 is 2.16 bits per heavy atom. The summed E-state index contributed by atoms with van der Waals surface area (Å²) in [6.07, 6.45) is 2.95. The number of furan rings is 1. The van der Waals surface area contributed by atoms with E-state index in [2.05, 4.69) is 38.5 Å². The third-order valence-electron chi connectivity index (χ3n) is 4.97. The van der Waals surface area contributed by atoms with E-state index in [9.17, 15) is 14.4 Å². The summed E-state index contributed by atoms with van der Waals surface area (Å²) in [4.78, 5) is 38.8. The summed E-state index contributed by atoms with van der Waals surface area (Å²) >= 11 is 3.60. The monoisotopic (exact) mass is 623 g/mol. The topological polar surface area (TPSA) is 100 Å². The van der Waals surface area contributed by atoms with E-state index in [1.807, 2.05) is 36.4 Å². The van der Waals surface area contributed by atoms with Crippen molar-refractivity contribution in [1.82, 2.24) is 5.32 Å². The molecule has 0 atom stereocenters. The molecule has 0 saturated carbocycles. The summed E-state index contributed by atoms with van der Waals surface area (Å²) in [6, 6.07) is 26.7. The van der Waals surface area contributed by atoms with E-state index in [0.29, 0.717) is 17.0 Å². The van der Waals surface area contributed by atoms with Gasteiger partial charge >= 0.3 is 0 Å². The fraction of sp³-hybridized carbons (Fsp3) is 0.0357.